The lowest BCUT2D eigenvalue weighted by Gasteiger charge is -2.15. The molecular weight excluding hydrogens is 436 g/mol. The van der Waals surface area contributed by atoms with Gasteiger partial charge < -0.3 is 19.5 Å². The fourth-order valence-electron chi connectivity index (χ4n) is 2.97. The van der Waals surface area contributed by atoms with Crippen LogP contribution in [0.15, 0.2) is 47.4 Å². The molecule has 2 aromatic carbocycles. The van der Waals surface area contributed by atoms with E-state index in [0.29, 0.717) is 5.75 Å². The maximum atomic E-state index is 12.9. The van der Waals surface area contributed by atoms with Gasteiger partial charge in [-0.25, -0.2) is 13.2 Å². The smallest absolute Gasteiger partial charge is 0.340 e. The van der Waals surface area contributed by atoms with Crippen molar-refractivity contribution in [3.05, 3.63) is 48.0 Å². The van der Waals surface area contributed by atoms with Gasteiger partial charge in [-0.2, -0.15) is 0 Å². The summed E-state index contributed by atoms with van der Waals surface area (Å²) >= 11 is 0. The summed E-state index contributed by atoms with van der Waals surface area (Å²) in [5.41, 5.74) is -0.00185. The summed E-state index contributed by atoms with van der Waals surface area (Å²) < 4.78 is 43.5. The van der Waals surface area contributed by atoms with E-state index in [2.05, 4.69) is 10.0 Å². The first-order chi connectivity index (χ1) is 15.2. The summed E-state index contributed by atoms with van der Waals surface area (Å²) in [4.78, 5) is 24.4. The molecule has 2 aromatic rings. The molecule has 0 aliphatic rings. The quantitative estimate of drug-likeness (QED) is 0.491. The van der Waals surface area contributed by atoms with E-state index < -0.39 is 28.5 Å². The van der Waals surface area contributed by atoms with Crippen molar-refractivity contribution in [3.8, 4) is 11.5 Å². The van der Waals surface area contributed by atoms with Crippen LogP contribution in [0, 0.1) is 0 Å². The minimum absolute atomic E-state index is 0.0204. The topological polar surface area (TPSA) is 120 Å². The monoisotopic (exact) mass is 464 g/mol. The Kier molecular flexibility index (Phi) is 8.89. The Morgan fingerprint density at radius 3 is 2.38 bits per heavy atom. The molecule has 0 spiro atoms. The number of esters is 1. The molecule has 2 rings (SSSR count). The number of nitrogens with one attached hydrogen (secondary N) is 2. The van der Waals surface area contributed by atoms with E-state index in [1.807, 2.05) is 13.8 Å². The minimum Gasteiger partial charge on any atom is -0.493 e. The van der Waals surface area contributed by atoms with E-state index in [1.54, 1.807) is 12.1 Å². The van der Waals surface area contributed by atoms with Gasteiger partial charge in [0.1, 0.15) is 0 Å². The number of anilines is 1. The van der Waals surface area contributed by atoms with Crippen LogP contribution in [0.5, 0.6) is 11.5 Å². The molecule has 0 aromatic heterocycles. The van der Waals surface area contributed by atoms with Crippen molar-refractivity contribution in [1.29, 1.82) is 0 Å². The fraction of sp³-hybridized carbons (Fsp3) is 0.364. The molecule has 1 unspecified atom stereocenters. The molecule has 0 saturated heterocycles. The number of methoxy groups -OCH3 is 2. The number of amides is 1. The predicted octanol–water partition coefficient (Wildman–Crippen LogP) is 2.97. The predicted molar refractivity (Wildman–Crippen MR) is 120 cm³/mol. The highest BCUT2D eigenvalue weighted by Gasteiger charge is 2.21. The molecule has 10 heteroatoms. The Hall–Kier alpha value is -3.27. The second kappa shape index (κ2) is 11.4. The second-order valence-electron chi connectivity index (χ2n) is 7.00. The lowest BCUT2D eigenvalue weighted by Crippen LogP contribution is -2.35. The minimum atomic E-state index is -4.05. The summed E-state index contributed by atoms with van der Waals surface area (Å²) in [5.74, 6) is -0.634. The van der Waals surface area contributed by atoms with E-state index in [4.69, 9.17) is 14.2 Å². The third kappa shape index (κ3) is 6.61. The van der Waals surface area contributed by atoms with Crippen LogP contribution in [-0.2, 0) is 19.6 Å². The number of ether oxygens (including phenoxy) is 3. The molecular formula is C22H28N2O7S. The number of carbonyl (C=O) groups is 2. The van der Waals surface area contributed by atoms with Gasteiger partial charge in [0.05, 0.1) is 30.4 Å². The van der Waals surface area contributed by atoms with Crippen LogP contribution in [0.4, 0.5) is 5.69 Å². The number of rotatable bonds is 11. The standard InChI is InChI=1S/C22H28N2O7S/c1-5-8-15(2)23-21(25)14-31-22(26)17-9-6-7-10-18(17)24-32(27,28)16-11-12-19(29-3)20(13-16)30-4/h6-7,9-13,15,24H,5,8,14H2,1-4H3,(H,23,25). The molecule has 0 aliphatic heterocycles. The van der Waals surface area contributed by atoms with Crippen LogP contribution < -0.4 is 19.5 Å². The first kappa shape index (κ1) is 25.0. The highest BCUT2D eigenvalue weighted by molar-refractivity contribution is 7.92. The SMILES string of the molecule is CCCC(C)NC(=O)COC(=O)c1ccccc1NS(=O)(=O)c1ccc(OC)c(OC)c1. The number of sulfonamides is 1. The third-order valence-corrected chi connectivity index (χ3v) is 5.88. The molecule has 0 radical (unpaired) electrons. The van der Waals surface area contributed by atoms with Crippen molar-refractivity contribution in [1.82, 2.24) is 5.32 Å². The van der Waals surface area contributed by atoms with Crippen molar-refractivity contribution in [2.24, 2.45) is 0 Å². The van der Waals surface area contributed by atoms with Crippen molar-refractivity contribution >= 4 is 27.6 Å². The Bertz CT molecular complexity index is 1050. The average molecular weight is 465 g/mol. The van der Waals surface area contributed by atoms with Crippen molar-refractivity contribution < 1.29 is 32.2 Å². The zero-order valence-electron chi connectivity index (χ0n) is 18.5. The van der Waals surface area contributed by atoms with Gasteiger partial charge in [0.25, 0.3) is 15.9 Å². The van der Waals surface area contributed by atoms with Crippen LogP contribution in [0.1, 0.15) is 37.0 Å². The molecule has 0 heterocycles. The molecule has 1 atom stereocenters. The number of benzene rings is 2. The molecule has 32 heavy (non-hydrogen) atoms. The number of carbonyl (C=O) groups excluding carboxylic acids is 2. The summed E-state index contributed by atoms with van der Waals surface area (Å²) in [7, 11) is -1.22. The summed E-state index contributed by atoms with van der Waals surface area (Å²) in [6, 6.07) is 10.1. The molecule has 174 valence electrons. The number of para-hydroxylation sites is 1. The lowest BCUT2D eigenvalue weighted by molar-refractivity contribution is -0.124. The summed E-state index contributed by atoms with van der Waals surface area (Å²) in [5, 5.41) is 2.73. The van der Waals surface area contributed by atoms with Gasteiger partial charge in [-0.15, -0.1) is 0 Å². The van der Waals surface area contributed by atoms with Gasteiger partial charge in [-0.05, 0) is 37.6 Å². The lowest BCUT2D eigenvalue weighted by atomic mass is 10.2. The van der Waals surface area contributed by atoms with Crippen LogP contribution in [0.3, 0.4) is 0 Å². The summed E-state index contributed by atoms with van der Waals surface area (Å²) in [6.07, 6.45) is 1.72. The Morgan fingerprint density at radius 1 is 1.03 bits per heavy atom. The van der Waals surface area contributed by atoms with E-state index in [-0.39, 0.29) is 27.9 Å². The van der Waals surface area contributed by atoms with Crippen LogP contribution in [0.25, 0.3) is 0 Å². The molecule has 0 bridgehead atoms. The van der Waals surface area contributed by atoms with Gasteiger partial charge in [0.15, 0.2) is 18.1 Å². The van der Waals surface area contributed by atoms with Crippen LogP contribution in [0.2, 0.25) is 0 Å². The van der Waals surface area contributed by atoms with Gasteiger partial charge in [-0.3, -0.25) is 9.52 Å². The zero-order chi connectivity index (χ0) is 23.7. The van der Waals surface area contributed by atoms with E-state index >= 15 is 0 Å². The largest absolute Gasteiger partial charge is 0.493 e. The first-order valence-electron chi connectivity index (χ1n) is 10.0. The van der Waals surface area contributed by atoms with Gasteiger partial charge in [-0.1, -0.05) is 25.5 Å². The maximum absolute atomic E-state index is 12.9. The Balaban J connectivity index is 2.16. The van der Waals surface area contributed by atoms with Gasteiger partial charge >= 0.3 is 5.97 Å². The molecule has 9 nitrogen and oxygen atoms in total. The second-order valence-corrected chi connectivity index (χ2v) is 8.68. The van der Waals surface area contributed by atoms with Crippen LogP contribution in [-0.4, -0.2) is 47.2 Å². The van der Waals surface area contributed by atoms with Gasteiger partial charge in [0, 0.05) is 12.1 Å². The van der Waals surface area contributed by atoms with E-state index in [1.165, 1.54) is 44.6 Å². The first-order valence-corrected chi connectivity index (χ1v) is 11.5. The highest BCUT2D eigenvalue weighted by Crippen LogP contribution is 2.30. The molecule has 0 fully saturated rings. The zero-order valence-corrected chi connectivity index (χ0v) is 19.3. The molecule has 0 saturated carbocycles. The Morgan fingerprint density at radius 2 is 1.72 bits per heavy atom. The van der Waals surface area contributed by atoms with Crippen molar-refractivity contribution in [3.63, 3.8) is 0 Å². The van der Waals surface area contributed by atoms with E-state index in [9.17, 15) is 18.0 Å². The molecule has 1 amide bonds. The third-order valence-electron chi connectivity index (χ3n) is 4.52. The van der Waals surface area contributed by atoms with Crippen LogP contribution >= 0.6 is 0 Å². The molecule has 2 N–H and O–H groups in total. The normalized spacial score (nSPS) is 11.9. The number of hydrogen-bond donors (Lipinski definition) is 2. The van der Waals surface area contributed by atoms with Gasteiger partial charge in [0.2, 0.25) is 0 Å². The maximum Gasteiger partial charge on any atom is 0.340 e. The Labute approximate surface area is 188 Å². The van der Waals surface area contributed by atoms with E-state index in [0.717, 1.165) is 12.8 Å². The van der Waals surface area contributed by atoms with Crippen molar-refractivity contribution in [2.75, 3.05) is 25.5 Å². The van der Waals surface area contributed by atoms with Crippen molar-refractivity contribution in [2.45, 2.75) is 37.6 Å². The number of hydrogen-bond acceptors (Lipinski definition) is 7. The average Bonchev–Trinajstić information content (AvgIpc) is 2.77. The molecule has 0 aliphatic carbocycles. The fourth-order valence-corrected chi connectivity index (χ4v) is 4.06. The summed E-state index contributed by atoms with van der Waals surface area (Å²) in [6.45, 7) is 3.40. The highest BCUT2D eigenvalue weighted by atomic mass is 32.2.